The van der Waals surface area contributed by atoms with Crippen molar-refractivity contribution in [2.45, 2.75) is 32.4 Å². The van der Waals surface area contributed by atoms with Crippen molar-refractivity contribution in [1.82, 2.24) is 9.88 Å². The first-order chi connectivity index (χ1) is 16.8. The molecule has 3 aromatic rings. The Bertz CT molecular complexity index is 1270. The summed E-state index contributed by atoms with van der Waals surface area (Å²) in [5, 5.41) is 11.4. The topological polar surface area (TPSA) is 89.0 Å². The second kappa shape index (κ2) is 10.0. The molecule has 180 valence electrons. The number of nitrogens with zero attached hydrogens (tertiary/aromatic N) is 2. The van der Waals surface area contributed by atoms with E-state index in [4.69, 9.17) is 9.47 Å². The van der Waals surface area contributed by atoms with Crippen molar-refractivity contribution < 1.29 is 24.2 Å². The number of aliphatic hydroxyl groups excluding tert-OH is 1. The summed E-state index contributed by atoms with van der Waals surface area (Å²) < 4.78 is 10.7. The number of likely N-dealkylation sites (tertiary alicyclic amines) is 1. The standard InChI is InChI=1S/C28H28N2O5/c1-17(2)22-15-20(7-10-23(22)35-4)26(31)24-25(19-5-8-21(34-3)9-6-19)30(28(33)27(24)32)16-18-11-13-29-14-12-18/h5-15,17,25,31H,16H2,1-4H3/b26-24-. The average Bonchev–Trinajstić information content (AvgIpc) is 3.13. The molecule has 1 unspecified atom stereocenters. The summed E-state index contributed by atoms with van der Waals surface area (Å²) in [5.74, 6) is -0.130. The number of hydrogen-bond acceptors (Lipinski definition) is 6. The highest BCUT2D eigenvalue weighted by Crippen LogP contribution is 2.41. The van der Waals surface area contributed by atoms with Gasteiger partial charge < -0.3 is 19.5 Å². The lowest BCUT2D eigenvalue weighted by atomic mass is 9.93. The van der Waals surface area contributed by atoms with Crippen LogP contribution in [0.1, 0.15) is 48.1 Å². The van der Waals surface area contributed by atoms with E-state index in [1.807, 2.05) is 13.8 Å². The molecule has 7 nitrogen and oxygen atoms in total. The maximum atomic E-state index is 13.3. The Kier molecular flexibility index (Phi) is 6.87. The van der Waals surface area contributed by atoms with E-state index in [0.29, 0.717) is 22.6 Å². The van der Waals surface area contributed by atoms with Gasteiger partial charge in [-0.2, -0.15) is 0 Å². The molecule has 0 spiro atoms. The van der Waals surface area contributed by atoms with Crippen molar-refractivity contribution in [3.05, 3.63) is 94.8 Å². The number of carbonyl (C=O) groups is 2. The van der Waals surface area contributed by atoms with Gasteiger partial charge in [-0.1, -0.05) is 26.0 Å². The zero-order valence-electron chi connectivity index (χ0n) is 20.2. The van der Waals surface area contributed by atoms with Gasteiger partial charge in [-0.3, -0.25) is 14.6 Å². The number of carbonyl (C=O) groups excluding carboxylic acids is 2. The summed E-state index contributed by atoms with van der Waals surface area (Å²) in [6.07, 6.45) is 3.28. The lowest BCUT2D eigenvalue weighted by Gasteiger charge is -2.25. The molecule has 35 heavy (non-hydrogen) atoms. The summed E-state index contributed by atoms with van der Waals surface area (Å²) in [5.41, 5.74) is 2.91. The molecule has 1 fully saturated rings. The number of benzene rings is 2. The fourth-order valence-corrected chi connectivity index (χ4v) is 4.35. The van der Waals surface area contributed by atoms with Gasteiger partial charge in [0.25, 0.3) is 11.7 Å². The van der Waals surface area contributed by atoms with Crippen LogP contribution in [0, 0.1) is 0 Å². The summed E-state index contributed by atoms with van der Waals surface area (Å²) in [6.45, 7) is 4.24. The predicted octanol–water partition coefficient (Wildman–Crippen LogP) is 4.84. The van der Waals surface area contributed by atoms with Gasteiger partial charge in [-0.05, 0) is 65.1 Å². The van der Waals surface area contributed by atoms with Crippen molar-refractivity contribution in [2.75, 3.05) is 14.2 Å². The molecule has 1 aliphatic heterocycles. The van der Waals surface area contributed by atoms with Crippen molar-refractivity contribution in [1.29, 1.82) is 0 Å². The summed E-state index contributed by atoms with van der Waals surface area (Å²) >= 11 is 0. The molecule has 1 amide bonds. The van der Waals surface area contributed by atoms with Crippen LogP contribution in [-0.2, 0) is 16.1 Å². The van der Waals surface area contributed by atoms with E-state index >= 15 is 0 Å². The number of ketones is 1. The second-order valence-corrected chi connectivity index (χ2v) is 8.67. The number of amides is 1. The molecular formula is C28H28N2O5. The Balaban J connectivity index is 1.87. The Morgan fingerprint density at radius 1 is 1.00 bits per heavy atom. The van der Waals surface area contributed by atoms with Crippen molar-refractivity contribution in [3.8, 4) is 11.5 Å². The molecule has 1 aliphatic rings. The molecule has 1 saturated heterocycles. The molecule has 2 aromatic carbocycles. The van der Waals surface area contributed by atoms with Gasteiger partial charge in [0.05, 0.1) is 25.8 Å². The third-order valence-corrected chi connectivity index (χ3v) is 6.20. The van der Waals surface area contributed by atoms with Gasteiger partial charge in [0.15, 0.2) is 0 Å². The Hall–Kier alpha value is -4.13. The fraction of sp³-hybridized carbons (Fsp3) is 0.250. The van der Waals surface area contributed by atoms with Crippen LogP contribution in [0.2, 0.25) is 0 Å². The van der Waals surface area contributed by atoms with Gasteiger partial charge in [0.1, 0.15) is 17.3 Å². The summed E-state index contributed by atoms with van der Waals surface area (Å²) in [7, 11) is 3.16. The highest BCUT2D eigenvalue weighted by atomic mass is 16.5. The highest BCUT2D eigenvalue weighted by molar-refractivity contribution is 6.46. The largest absolute Gasteiger partial charge is 0.507 e. The Labute approximate surface area is 204 Å². The van der Waals surface area contributed by atoms with Crippen molar-refractivity contribution in [2.24, 2.45) is 0 Å². The molecule has 7 heteroatoms. The van der Waals surface area contributed by atoms with Crippen LogP contribution in [0.5, 0.6) is 11.5 Å². The van der Waals surface area contributed by atoms with Crippen LogP contribution in [0.4, 0.5) is 0 Å². The summed E-state index contributed by atoms with van der Waals surface area (Å²) in [4.78, 5) is 32.0. The predicted molar refractivity (Wildman–Crippen MR) is 132 cm³/mol. The molecular weight excluding hydrogens is 444 g/mol. The molecule has 1 N–H and O–H groups in total. The quantitative estimate of drug-likeness (QED) is 0.301. The lowest BCUT2D eigenvalue weighted by molar-refractivity contribution is -0.140. The van der Waals surface area contributed by atoms with E-state index in [9.17, 15) is 14.7 Å². The van der Waals surface area contributed by atoms with Crippen LogP contribution >= 0.6 is 0 Å². The number of rotatable bonds is 7. The molecule has 0 radical (unpaired) electrons. The van der Waals surface area contributed by atoms with Crippen LogP contribution in [0.25, 0.3) is 5.76 Å². The molecule has 1 aromatic heterocycles. The van der Waals surface area contributed by atoms with E-state index in [-0.39, 0.29) is 23.8 Å². The first-order valence-corrected chi connectivity index (χ1v) is 11.3. The minimum absolute atomic E-state index is 0.0501. The number of hydrogen-bond donors (Lipinski definition) is 1. The van der Waals surface area contributed by atoms with Crippen molar-refractivity contribution in [3.63, 3.8) is 0 Å². The van der Waals surface area contributed by atoms with Gasteiger partial charge in [-0.15, -0.1) is 0 Å². The molecule has 0 saturated carbocycles. The maximum Gasteiger partial charge on any atom is 0.295 e. The monoisotopic (exact) mass is 472 g/mol. The molecule has 4 rings (SSSR count). The zero-order chi connectivity index (χ0) is 25.1. The molecule has 0 aliphatic carbocycles. The van der Waals surface area contributed by atoms with Crippen LogP contribution in [0.3, 0.4) is 0 Å². The minimum atomic E-state index is -0.765. The first-order valence-electron chi connectivity index (χ1n) is 11.3. The summed E-state index contributed by atoms with van der Waals surface area (Å²) in [6, 6.07) is 15.2. The lowest BCUT2D eigenvalue weighted by Crippen LogP contribution is -2.29. The number of aromatic nitrogens is 1. The second-order valence-electron chi connectivity index (χ2n) is 8.67. The number of pyridine rings is 1. The first kappa shape index (κ1) is 24.0. The minimum Gasteiger partial charge on any atom is -0.507 e. The third kappa shape index (κ3) is 4.62. The van der Waals surface area contributed by atoms with Gasteiger partial charge >= 0.3 is 0 Å². The van der Waals surface area contributed by atoms with Gasteiger partial charge in [0, 0.05) is 24.5 Å². The van der Waals surface area contributed by atoms with E-state index < -0.39 is 17.7 Å². The van der Waals surface area contributed by atoms with Crippen LogP contribution in [0.15, 0.2) is 72.6 Å². The number of ether oxygens (including phenoxy) is 2. The van der Waals surface area contributed by atoms with E-state index in [1.54, 1.807) is 81.2 Å². The van der Waals surface area contributed by atoms with Gasteiger partial charge in [0.2, 0.25) is 0 Å². The van der Waals surface area contributed by atoms with E-state index in [2.05, 4.69) is 4.98 Å². The molecule has 2 heterocycles. The number of methoxy groups -OCH3 is 2. The third-order valence-electron chi connectivity index (χ3n) is 6.20. The number of Topliss-reactive ketones (excluding diaryl/α,β-unsaturated/α-hetero) is 1. The zero-order valence-corrected chi connectivity index (χ0v) is 20.2. The smallest absolute Gasteiger partial charge is 0.295 e. The number of aliphatic hydroxyl groups is 1. The van der Waals surface area contributed by atoms with E-state index in [1.165, 1.54) is 4.90 Å². The Morgan fingerprint density at radius 3 is 2.29 bits per heavy atom. The Morgan fingerprint density at radius 2 is 1.69 bits per heavy atom. The van der Waals surface area contributed by atoms with Crippen LogP contribution < -0.4 is 9.47 Å². The normalized spacial score (nSPS) is 17.2. The van der Waals surface area contributed by atoms with Crippen LogP contribution in [-0.4, -0.2) is 40.9 Å². The molecule has 1 atom stereocenters. The SMILES string of the molecule is COc1ccc(C2/C(=C(/O)c3ccc(OC)c(C(C)C)c3)C(=O)C(=O)N2Cc2ccncc2)cc1. The van der Waals surface area contributed by atoms with Crippen molar-refractivity contribution >= 4 is 17.4 Å². The maximum absolute atomic E-state index is 13.3. The average molecular weight is 473 g/mol. The van der Waals surface area contributed by atoms with E-state index in [0.717, 1.165) is 11.1 Å². The van der Waals surface area contributed by atoms with Gasteiger partial charge in [-0.25, -0.2) is 0 Å². The highest BCUT2D eigenvalue weighted by Gasteiger charge is 2.46. The fourth-order valence-electron chi connectivity index (χ4n) is 4.35. The molecule has 0 bridgehead atoms.